The van der Waals surface area contributed by atoms with E-state index in [4.69, 9.17) is 33.3 Å². The summed E-state index contributed by atoms with van der Waals surface area (Å²) in [6, 6.07) is 0. The van der Waals surface area contributed by atoms with E-state index < -0.39 is 17.0 Å². The van der Waals surface area contributed by atoms with Gasteiger partial charge in [-0.25, -0.2) is 0 Å². The molecule has 0 amide bonds. The molecule has 0 spiro atoms. The molecule has 7 nitrogen and oxygen atoms in total. The Hall–Kier alpha value is 3.00. The van der Waals surface area contributed by atoms with Crippen molar-refractivity contribution in [1.82, 2.24) is 0 Å². The second-order valence-corrected chi connectivity index (χ2v) is 2.09. The molecule has 0 fully saturated rings. The smallest absolute Gasteiger partial charge is 0.822 e. The molecule has 11 heteroatoms. The Morgan fingerprint density at radius 3 is 1.00 bits per heavy atom. The summed E-state index contributed by atoms with van der Waals surface area (Å²) in [5.74, 6) is 0. The van der Waals surface area contributed by atoms with E-state index in [1.165, 1.54) is 0 Å². The minimum absolute atomic E-state index is 0. The summed E-state index contributed by atoms with van der Waals surface area (Å²) >= 11 is 0. The Kier molecular flexibility index (Phi) is 28.0. The fourth-order valence-corrected chi connectivity index (χ4v) is 0. The van der Waals surface area contributed by atoms with Crippen molar-refractivity contribution in [2.75, 3.05) is 0 Å². The van der Waals surface area contributed by atoms with Gasteiger partial charge in [0.25, 0.3) is 0 Å². The Balaban J connectivity index is -0.0000000383. The van der Waals surface area contributed by atoms with E-state index in [0.29, 0.717) is 0 Å². The maximum atomic E-state index is 8.55. The predicted octanol–water partition coefficient (Wildman–Crippen LogP) is -11.7. The minimum Gasteiger partial charge on any atom is -0.822 e. The number of rotatable bonds is 0. The van der Waals surface area contributed by atoms with Crippen LogP contribution in [0.2, 0.25) is 0 Å². The van der Waals surface area contributed by atoms with E-state index in [9.17, 15) is 0 Å². The van der Waals surface area contributed by atoms with E-state index in [1.807, 2.05) is 0 Å². The normalized spacial score (nSPS) is 7.55. The Labute approximate surface area is 149 Å². The first kappa shape index (κ1) is 23.7. The molecule has 0 atom stereocenters. The van der Waals surface area contributed by atoms with Gasteiger partial charge in [0.15, 0.2) is 0 Å². The van der Waals surface area contributed by atoms with Crippen LogP contribution in [0.25, 0.3) is 0 Å². The van der Waals surface area contributed by atoms with Gasteiger partial charge in [0, 0.05) is 9.17 Å². The van der Waals surface area contributed by atoms with Crippen LogP contribution in [0.3, 0.4) is 0 Å². The van der Waals surface area contributed by atoms with Crippen LogP contribution in [0, 0.1) is 0 Å². The minimum atomic E-state index is -5.39. The van der Waals surface area contributed by atoms with Crippen molar-refractivity contribution >= 4 is 17.0 Å². The fraction of sp³-hybridized carbons (Fsp3) is 0. The largest absolute Gasteiger partial charge is 1.00 e. The van der Waals surface area contributed by atoms with Crippen LogP contribution >= 0.6 is 7.82 Å². The Bertz CT molecular complexity index is 116. The van der Waals surface area contributed by atoms with Crippen LogP contribution in [0.15, 0.2) is 0 Å². The maximum absolute atomic E-state index is 8.55. The summed E-state index contributed by atoms with van der Waals surface area (Å²) < 4.78 is 17.1. The standard InChI is InChI=1S/2K.H3O4P.O3Si/c;;1-5(2,3)4;1-4(2)3/h;;(H3,1,2,3,4);/q2*+1;;-2/p-3. The van der Waals surface area contributed by atoms with Gasteiger partial charge in [-0.15, -0.1) is 0 Å². The van der Waals surface area contributed by atoms with Crippen LogP contribution < -0.4 is 127 Å². The third kappa shape index (κ3) is 175. The van der Waals surface area contributed by atoms with Gasteiger partial charge in [0.1, 0.15) is 0 Å². The molecule has 0 saturated carbocycles. The van der Waals surface area contributed by atoms with E-state index in [-0.39, 0.29) is 103 Å². The molecule has 56 valence electrons. The van der Waals surface area contributed by atoms with Crippen molar-refractivity contribution in [2.45, 2.75) is 0 Å². The summed E-state index contributed by atoms with van der Waals surface area (Å²) in [7, 11) is -9.02. The maximum Gasteiger partial charge on any atom is 1.00 e. The van der Waals surface area contributed by atoms with Crippen LogP contribution in [0.5, 0.6) is 0 Å². The Morgan fingerprint density at radius 2 is 1.00 bits per heavy atom. The molecule has 0 unspecified atom stereocenters. The number of phosphoric acid groups is 1. The molecule has 0 N–H and O–H groups in total. The molecule has 0 aliphatic rings. The molecular formula is K2O7PSi-3. The van der Waals surface area contributed by atoms with E-state index in [1.54, 1.807) is 0 Å². The van der Waals surface area contributed by atoms with E-state index in [2.05, 4.69) is 0 Å². The van der Waals surface area contributed by atoms with Crippen LogP contribution in [-0.2, 0) is 9.03 Å². The summed E-state index contributed by atoms with van der Waals surface area (Å²) in [5, 5.41) is 0. The molecular weight excluding hydrogens is 249 g/mol. The third-order valence-corrected chi connectivity index (χ3v) is 0. The van der Waals surface area contributed by atoms with Crippen molar-refractivity contribution in [1.29, 1.82) is 0 Å². The summed E-state index contributed by atoms with van der Waals surface area (Å²) in [6.07, 6.45) is 0. The molecule has 0 aromatic heterocycles. The number of hydrogen-bond acceptors (Lipinski definition) is 7. The molecule has 0 radical (unpaired) electrons. The van der Waals surface area contributed by atoms with Crippen LogP contribution in [0.1, 0.15) is 0 Å². The van der Waals surface area contributed by atoms with Gasteiger partial charge in [-0.3, -0.25) is 0 Å². The molecule has 0 rings (SSSR count). The van der Waals surface area contributed by atoms with Crippen molar-refractivity contribution < 1.29 is 136 Å². The van der Waals surface area contributed by atoms with Crippen molar-refractivity contribution in [2.24, 2.45) is 0 Å². The molecule has 0 aromatic rings. The van der Waals surface area contributed by atoms with E-state index in [0.717, 1.165) is 0 Å². The monoisotopic (exact) mass is 249 g/mol. The quantitative estimate of drug-likeness (QED) is 0.305. The zero-order chi connectivity index (χ0) is 8.08. The summed E-state index contributed by atoms with van der Waals surface area (Å²) in [6.45, 7) is 0. The topological polar surface area (TPSA) is 149 Å². The predicted molar refractivity (Wildman–Crippen MR) is 14.0 cm³/mol. The second kappa shape index (κ2) is 13.0. The van der Waals surface area contributed by atoms with Crippen LogP contribution in [-0.4, -0.2) is 9.17 Å². The summed E-state index contributed by atoms with van der Waals surface area (Å²) in [5.41, 5.74) is 0. The molecule has 0 heterocycles. The van der Waals surface area contributed by atoms with Gasteiger partial charge in [-0.05, 0) is 0 Å². The van der Waals surface area contributed by atoms with Gasteiger partial charge in [-0.1, -0.05) is 0 Å². The fourth-order valence-electron chi connectivity index (χ4n) is 0. The van der Waals surface area contributed by atoms with Gasteiger partial charge >= 0.3 is 103 Å². The molecule has 0 aromatic carbocycles. The molecule has 11 heavy (non-hydrogen) atoms. The van der Waals surface area contributed by atoms with E-state index >= 15 is 0 Å². The van der Waals surface area contributed by atoms with Crippen molar-refractivity contribution in [3.8, 4) is 0 Å². The second-order valence-electron chi connectivity index (χ2n) is 0.697. The molecule has 0 bridgehead atoms. The van der Waals surface area contributed by atoms with Crippen molar-refractivity contribution in [3.05, 3.63) is 0 Å². The molecule has 0 saturated heterocycles. The van der Waals surface area contributed by atoms with Crippen molar-refractivity contribution in [3.63, 3.8) is 0 Å². The van der Waals surface area contributed by atoms with Gasteiger partial charge in [0.2, 0.25) is 0 Å². The zero-order valence-electron chi connectivity index (χ0n) is 5.80. The molecule has 0 aliphatic heterocycles. The zero-order valence-corrected chi connectivity index (χ0v) is 13.9. The average molecular weight is 249 g/mol. The van der Waals surface area contributed by atoms with Gasteiger partial charge in [0.05, 0.1) is 0 Å². The first-order chi connectivity index (χ1) is 3.73. The van der Waals surface area contributed by atoms with Gasteiger partial charge < -0.3 is 33.3 Å². The Morgan fingerprint density at radius 1 is 1.00 bits per heavy atom. The SMILES string of the molecule is O=P([O-])([O-])[O-].O=[Si]([O-])[O-].[K+].[K+]. The molecule has 0 aliphatic carbocycles. The first-order valence-corrected chi connectivity index (χ1v) is 4.03. The summed E-state index contributed by atoms with van der Waals surface area (Å²) in [4.78, 5) is 42.7. The van der Waals surface area contributed by atoms with Crippen LogP contribution in [0.4, 0.5) is 0 Å². The third-order valence-electron chi connectivity index (χ3n) is 0. The average Bonchev–Trinajstić information content (AvgIpc) is 1.19. The first-order valence-electron chi connectivity index (χ1n) is 1.34. The van der Waals surface area contributed by atoms with Gasteiger partial charge in [-0.2, -0.15) is 7.82 Å². The number of hydrogen-bond donors (Lipinski definition) is 0.